The molecule has 7 nitrogen and oxygen atoms in total. The Hall–Kier alpha value is -2.54. The van der Waals surface area contributed by atoms with Gasteiger partial charge < -0.3 is 19.5 Å². The number of aliphatic hydroxyl groups is 1. The van der Waals surface area contributed by atoms with Crippen LogP contribution < -0.4 is 9.47 Å². The quantitative estimate of drug-likeness (QED) is 0.853. The van der Waals surface area contributed by atoms with Gasteiger partial charge in [-0.15, -0.1) is 0 Å². The van der Waals surface area contributed by atoms with Crippen molar-refractivity contribution in [3.05, 3.63) is 41.7 Å². The smallest absolute Gasteiger partial charge is 0.274 e. The molecule has 1 saturated heterocycles. The standard InChI is InChI=1S/C15H17N3O4/c1-21-12-3-2-4-13(6-12)22-9-10-5-14(17-16-10)15(20)18-7-11(19)8-18/h2-6,11,19H,7-9H2,1H3,(H,16,17). The number of hydrogen-bond donors (Lipinski definition) is 2. The van der Waals surface area contributed by atoms with Crippen LogP contribution >= 0.6 is 0 Å². The van der Waals surface area contributed by atoms with E-state index in [1.807, 2.05) is 18.2 Å². The number of hydrogen-bond acceptors (Lipinski definition) is 5. The molecule has 0 spiro atoms. The third-order valence-electron chi connectivity index (χ3n) is 3.44. The predicted molar refractivity (Wildman–Crippen MR) is 77.8 cm³/mol. The predicted octanol–water partition coefficient (Wildman–Crippen LogP) is 0.814. The summed E-state index contributed by atoms with van der Waals surface area (Å²) in [4.78, 5) is 13.6. The first-order chi connectivity index (χ1) is 10.7. The minimum Gasteiger partial charge on any atom is -0.497 e. The Bertz CT molecular complexity index is 664. The van der Waals surface area contributed by atoms with Crippen LogP contribution in [0.1, 0.15) is 16.2 Å². The van der Waals surface area contributed by atoms with Gasteiger partial charge in [0, 0.05) is 19.2 Å². The Morgan fingerprint density at radius 2 is 2.18 bits per heavy atom. The lowest BCUT2D eigenvalue weighted by atomic mass is 10.1. The molecule has 1 amide bonds. The van der Waals surface area contributed by atoms with Crippen LogP contribution in [0.3, 0.4) is 0 Å². The van der Waals surface area contributed by atoms with E-state index in [0.29, 0.717) is 36.0 Å². The number of aliphatic hydroxyl groups excluding tert-OH is 1. The highest BCUT2D eigenvalue weighted by Crippen LogP contribution is 2.20. The summed E-state index contributed by atoms with van der Waals surface area (Å²) in [6, 6.07) is 8.94. The second-order valence-electron chi connectivity index (χ2n) is 5.11. The van der Waals surface area contributed by atoms with Gasteiger partial charge in [0.05, 0.1) is 18.9 Å². The molecule has 1 aliphatic rings. The summed E-state index contributed by atoms with van der Waals surface area (Å²) in [6.07, 6.45) is -0.418. The highest BCUT2D eigenvalue weighted by molar-refractivity contribution is 5.93. The number of aromatic nitrogens is 2. The summed E-state index contributed by atoms with van der Waals surface area (Å²) in [5.74, 6) is 1.20. The van der Waals surface area contributed by atoms with Gasteiger partial charge in [-0.25, -0.2) is 0 Å². The third-order valence-corrected chi connectivity index (χ3v) is 3.44. The van der Waals surface area contributed by atoms with Gasteiger partial charge in [-0.05, 0) is 18.2 Å². The molecule has 1 aliphatic heterocycles. The lowest BCUT2D eigenvalue weighted by molar-refractivity contribution is 0.00550. The van der Waals surface area contributed by atoms with Crippen LogP contribution in [-0.2, 0) is 6.61 Å². The molecule has 22 heavy (non-hydrogen) atoms. The Balaban J connectivity index is 1.58. The molecule has 2 N–H and O–H groups in total. The molecule has 7 heteroatoms. The molecule has 2 heterocycles. The number of H-pyrrole nitrogens is 1. The summed E-state index contributed by atoms with van der Waals surface area (Å²) in [6.45, 7) is 0.999. The molecular formula is C15H17N3O4. The Kier molecular flexibility index (Phi) is 3.97. The summed E-state index contributed by atoms with van der Waals surface area (Å²) in [5.41, 5.74) is 1.03. The van der Waals surface area contributed by atoms with Crippen LogP contribution in [0.15, 0.2) is 30.3 Å². The van der Waals surface area contributed by atoms with E-state index in [1.165, 1.54) is 0 Å². The number of rotatable bonds is 5. The van der Waals surface area contributed by atoms with E-state index in [-0.39, 0.29) is 12.5 Å². The summed E-state index contributed by atoms with van der Waals surface area (Å²) in [5, 5.41) is 16.0. The number of benzene rings is 1. The lowest BCUT2D eigenvalue weighted by Crippen LogP contribution is -2.53. The van der Waals surface area contributed by atoms with E-state index >= 15 is 0 Å². The number of β-amino-alcohol motifs (C(OH)–C–C–N with tert-alkyl or cyclic N) is 1. The number of amides is 1. The minimum absolute atomic E-state index is 0.186. The first-order valence-electron chi connectivity index (χ1n) is 6.94. The fourth-order valence-corrected chi connectivity index (χ4v) is 2.18. The number of ether oxygens (including phenoxy) is 2. The van der Waals surface area contributed by atoms with Gasteiger partial charge in [0.25, 0.3) is 5.91 Å². The average Bonchev–Trinajstić information content (AvgIpc) is 2.98. The van der Waals surface area contributed by atoms with E-state index in [2.05, 4.69) is 10.2 Å². The maximum Gasteiger partial charge on any atom is 0.274 e. The van der Waals surface area contributed by atoms with Crippen molar-refractivity contribution in [3.63, 3.8) is 0 Å². The van der Waals surface area contributed by atoms with Crippen LogP contribution in [0.5, 0.6) is 11.5 Å². The van der Waals surface area contributed by atoms with Gasteiger partial charge in [0.15, 0.2) is 5.69 Å². The zero-order valence-corrected chi connectivity index (χ0v) is 12.2. The zero-order valence-electron chi connectivity index (χ0n) is 12.2. The van der Waals surface area contributed by atoms with Crippen molar-refractivity contribution in [2.75, 3.05) is 20.2 Å². The normalized spacial score (nSPS) is 14.5. The fraction of sp³-hybridized carbons (Fsp3) is 0.333. The Labute approximate surface area is 127 Å². The van der Waals surface area contributed by atoms with E-state index in [0.717, 1.165) is 0 Å². The van der Waals surface area contributed by atoms with Crippen molar-refractivity contribution >= 4 is 5.91 Å². The molecule has 0 atom stereocenters. The zero-order chi connectivity index (χ0) is 15.5. The van der Waals surface area contributed by atoms with E-state index in [4.69, 9.17) is 9.47 Å². The number of carbonyl (C=O) groups excluding carboxylic acids is 1. The van der Waals surface area contributed by atoms with Gasteiger partial charge in [-0.1, -0.05) is 6.07 Å². The Morgan fingerprint density at radius 3 is 2.91 bits per heavy atom. The summed E-state index contributed by atoms with van der Waals surface area (Å²) >= 11 is 0. The molecule has 0 unspecified atom stereocenters. The third kappa shape index (κ3) is 3.04. The molecule has 1 aromatic carbocycles. The first-order valence-corrected chi connectivity index (χ1v) is 6.94. The summed E-state index contributed by atoms with van der Waals surface area (Å²) < 4.78 is 10.8. The molecule has 1 aromatic heterocycles. The van der Waals surface area contributed by atoms with Crippen molar-refractivity contribution in [2.45, 2.75) is 12.7 Å². The van der Waals surface area contributed by atoms with Gasteiger partial charge in [-0.2, -0.15) is 5.10 Å². The van der Waals surface area contributed by atoms with E-state index in [1.54, 1.807) is 24.1 Å². The van der Waals surface area contributed by atoms with Crippen molar-refractivity contribution in [3.8, 4) is 11.5 Å². The van der Waals surface area contributed by atoms with Crippen molar-refractivity contribution < 1.29 is 19.4 Å². The van der Waals surface area contributed by atoms with Gasteiger partial charge in [0.1, 0.15) is 18.1 Å². The van der Waals surface area contributed by atoms with Crippen LogP contribution in [0.4, 0.5) is 0 Å². The largest absolute Gasteiger partial charge is 0.497 e. The molecule has 2 aromatic rings. The average molecular weight is 303 g/mol. The van der Waals surface area contributed by atoms with Crippen molar-refractivity contribution in [1.29, 1.82) is 0 Å². The molecule has 0 radical (unpaired) electrons. The number of nitrogens with one attached hydrogen (secondary N) is 1. The van der Waals surface area contributed by atoms with Gasteiger partial charge in [0.2, 0.25) is 0 Å². The second-order valence-corrected chi connectivity index (χ2v) is 5.11. The van der Waals surface area contributed by atoms with Crippen LogP contribution in [0.2, 0.25) is 0 Å². The number of methoxy groups -OCH3 is 1. The topological polar surface area (TPSA) is 87.7 Å². The summed E-state index contributed by atoms with van der Waals surface area (Å²) in [7, 11) is 1.60. The number of likely N-dealkylation sites (tertiary alicyclic amines) is 1. The van der Waals surface area contributed by atoms with Gasteiger partial charge >= 0.3 is 0 Å². The maximum absolute atomic E-state index is 12.0. The first kappa shape index (κ1) is 14.4. The van der Waals surface area contributed by atoms with Crippen molar-refractivity contribution in [1.82, 2.24) is 15.1 Å². The SMILES string of the molecule is COc1cccc(OCc2cc(C(=O)N3CC(O)C3)n[nH]2)c1. The van der Waals surface area contributed by atoms with Crippen molar-refractivity contribution in [2.24, 2.45) is 0 Å². The highest BCUT2D eigenvalue weighted by Gasteiger charge is 2.30. The Morgan fingerprint density at radius 1 is 1.41 bits per heavy atom. The van der Waals surface area contributed by atoms with Gasteiger partial charge in [-0.3, -0.25) is 9.89 Å². The molecule has 0 bridgehead atoms. The monoisotopic (exact) mass is 303 g/mol. The number of aromatic amines is 1. The molecule has 0 saturated carbocycles. The van der Waals surface area contributed by atoms with Crippen LogP contribution in [0.25, 0.3) is 0 Å². The minimum atomic E-state index is -0.418. The molecule has 116 valence electrons. The number of carbonyl (C=O) groups is 1. The second kappa shape index (κ2) is 6.07. The molecule has 0 aliphatic carbocycles. The number of nitrogens with zero attached hydrogens (tertiary/aromatic N) is 2. The fourth-order valence-electron chi connectivity index (χ4n) is 2.18. The van der Waals surface area contributed by atoms with Crippen LogP contribution in [-0.4, -0.2) is 52.4 Å². The van der Waals surface area contributed by atoms with Crippen LogP contribution in [0, 0.1) is 0 Å². The lowest BCUT2D eigenvalue weighted by Gasteiger charge is -2.35. The van der Waals surface area contributed by atoms with E-state index in [9.17, 15) is 9.90 Å². The molecule has 3 rings (SSSR count). The highest BCUT2D eigenvalue weighted by atomic mass is 16.5. The molecule has 1 fully saturated rings. The van der Waals surface area contributed by atoms with E-state index < -0.39 is 6.10 Å². The molecular weight excluding hydrogens is 286 g/mol. The maximum atomic E-state index is 12.0.